The first kappa shape index (κ1) is 15.1. The third-order valence-corrected chi connectivity index (χ3v) is 5.56. The van der Waals surface area contributed by atoms with Crippen molar-refractivity contribution in [2.45, 2.75) is 31.9 Å². The SMILES string of the molecule is C=C(C(=O)NC)C1(F)CCS(=O)(=NCCC)CC1. The molecule has 0 bridgehead atoms. The van der Waals surface area contributed by atoms with Gasteiger partial charge in [-0.25, -0.2) is 13.0 Å². The van der Waals surface area contributed by atoms with Gasteiger partial charge in [0.15, 0.2) is 0 Å². The smallest absolute Gasteiger partial charge is 0.249 e. The summed E-state index contributed by atoms with van der Waals surface area (Å²) in [5.74, 6) is -0.0737. The molecule has 1 heterocycles. The van der Waals surface area contributed by atoms with Gasteiger partial charge in [0.05, 0.1) is 0 Å². The maximum atomic E-state index is 14.5. The number of carbonyl (C=O) groups is 1. The number of nitrogens with zero attached hydrogens (tertiary/aromatic N) is 1. The molecule has 1 N–H and O–H groups in total. The van der Waals surface area contributed by atoms with Crippen LogP contribution in [-0.2, 0) is 14.5 Å². The first-order valence-corrected chi connectivity index (χ1v) is 8.01. The fraction of sp³-hybridized carbons (Fsp3) is 0.750. The van der Waals surface area contributed by atoms with Gasteiger partial charge in [-0.1, -0.05) is 13.5 Å². The van der Waals surface area contributed by atoms with Crippen molar-refractivity contribution in [2.24, 2.45) is 4.36 Å². The average molecular weight is 276 g/mol. The monoisotopic (exact) mass is 276 g/mol. The number of amides is 1. The predicted molar refractivity (Wildman–Crippen MR) is 71.7 cm³/mol. The molecule has 104 valence electrons. The first-order chi connectivity index (χ1) is 8.37. The molecule has 1 amide bonds. The van der Waals surface area contributed by atoms with Gasteiger partial charge in [-0.15, -0.1) is 0 Å². The molecule has 0 aliphatic carbocycles. The molecule has 0 radical (unpaired) electrons. The number of nitrogens with one attached hydrogen (secondary N) is 1. The molecule has 0 unspecified atom stereocenters. The minimum atomic E-state index is -2.28. The van der Waals surface area contributed by atoms with Crippen LogP contribution in [0.2, 0.25) is 0 Å². The second kappa shape index (κ2) is 5.82. The first-order valence-electron chi connectivity index (χ1n) is 6.15. The second-order valence-electron chi connectivity index (χ2n) is 4.56. The highest BCUT2D eigenvalue weighted by Gasteiger charge is 2.41. The largest absolute Gasteiger partial charge is 0.355 e. The highest BCUT2D eigenvalue weighted by atomic mass is 32.2. The lowest BCUT2D eigenvalue weighted by Gasteiger charge is -2.32. The molecular formula is C12H21FN2O2S. The molecule has 0 aromatic heterocycles. The summed E-state index contributed by atoms with van der Waals surface area (Å²) in [6.07, 6.45) is 0.958. The lowest BCUT2D eigenvalue weighted by atomic mass is 9.90. The zero-order valence-corrected chi connectivity index (χ0v) is 11.8. The van der Waals surface area contributed by atoms with Crippen molar-refractivity contribution < 1.29 is 13.4 Å². The van der Waals surface area contributed by atoms with Crippen LogP contribution in [-0.4, -0.2) is 40.9 Å². The van der Waals surface area contributed by atoms with Gasteiger partial charge < -0.3 is 5.32 Å². The highest BCUT2D eigenvalue weighted by molar-refractivity contribution is 7.93. The van der Waals surface area contributed by atoms with Gasteiger partial charge >= 0.3 is 0 Å². The van der Waals surface area contributed by atoms with Crippen LogP contribution in [0.1, 0.15) is 26.2 Å². The van der Waals surface area contributed by atoms with E-state index in [9.17, 15) is 13.4 Å². The van der Waals surface area contributed by atoms with E-state index in [0.29, 0.717) is 6.54 Å². The van der Waals surface area contributed by atoms with E-state index in [-0.39, 0.29) is 29.9 Å². The standard InChI is InChI=1S/C12H21FN2O2S/c1-4-7-15-18(17)8-5-12(13,6-9-18)10(2)11(16)14-3/h2,4-9H2,1,3H3,(H,14,16). The van der Waals surface area contributed by atoms with E-state index in [4.69, 9.17) is 0 Å². The summed E-state index contributed by atoms with van der Waals surface area (Å²) >= 11 is 0. The molecule has 6 heteroatoms. The quantitative estimate of drug-likeness (QED) is 0.794. The van der Waals surface area contributed by atoms with Gasteiger partial charge in [0.25, 0.3) is 0 Å². The number of hydrogen-bond donors (Lipinski definition) is 1. The van der Waals surface area contributed by atoms with E-state index in [0.717, 1.165) is 6.42 Å². The number of halogens is 1. The fourth-order valence-electron chi connectivity index (χ4n) is 1.91. The van der Waals surface area contributed by atoms with E-state index < -0.39 is 21.3 Å². The Hall–Kier alpha value is -0.910. The normalized spacial score (nSPS) is 31.7. The summed E-state index contributed by atoms with van der Waals surface area (Å²) in [5.41, 5.74) is -1.80. The van der Waals surface area contributed by atoms with Crippen LogP contribution >= 0.6 is 0 Å². The van der Waals surface area contributed by atoms with Gasteiger partial charge in [-0.2, -0.15) is 0 Å². The molecule has 1 rings (SSSR count). The molecule has 4 nitrogen and oxygen atoms in total. The zero-order valence-electron chi connectivity index (χ0n) is 11.0. The van der Waals surface area contributed by atoms with Crippen molar-refractivity contribution in [1.29, 1.82) is 0 Å². The Morgan fingerprint density at radius 2 is 2.06 bits per heavy atom. The van der Waals surface area contributed by atoms with Crippen LogP contribution in [0, 0.1) is 0 Å². The van der Waals surface area contributed by atoms with E-state index in [1.807, 2.05) is 6.92 Å². The molecule has 1 fully saturated rings. The molecule has 1 aliphatic heterocycles. The van der Waals surface area contributed by atoms with Crippen LogP contribution in [0.3, 0.4) is 0 Å². The molecule has 0 spiro atoms. The Morgan fingerprint density at radius 1 is 1.50 bits per heavy atom. The van der Waals surface area contributed by atoms with Crippen molar-refractivity contribution in [1.82, 2.24) is 5.32 Å². The molecule has 0 saturated carbocycles. The molecular weight excluding hydrogens is 255 g/mol. The summed E-state index contributed by atoms with van der Waals surface area (Å²) in [6.45, 7) is 6.03. The number of hydrogen-bond acceptors (Lipinski definition) is 3. The Morgan fingerprint density at radius 3 is 2.50 bits per heavy atom. The second-order valence-corrected chi connectivity index (χ2v) is 7.18. The van der Waals surface area contributed by atoms with Crippen molar-refractivity contribution in [3.63, 3.8) is 0 Å². The van der Waals surface area contributed by atoms with E-state index in [2.05, 4.69) is 16.3 Å². The number of rotatable bonds is 4. The summed E-state index contributed by atoms with van der Waals surface area (Å²) in [6, 6.07) is 0. The van der Waals surface area contributed by atoms with Crippen LogP contribution in [0.25, 0.3) is 0 Å². The molecule has 0 aromatic carbocycles. The van der Waals surface area contributed by atoms with Crippen molar-refractivity contribution in [3.8, 4) is 0 Å². The van der Waals surface area contributed by atoms with Gasteiger partial charge in [0.1, 0.15) is 5.67 Å². The van der Waals surface area contributed by atoms with Gasteiger partial charge in [0, 0.05) is 40.4 Å². The van der Waals surface area contributed by atoms with Crippen LogP contribution in [0.5, 0.6) is 0 Å². The Bertz CT molecular complexity index is 439. The van der Waals surface area contributed by atoms with Crippen molar-refractivity contribution >= 4 is 15.6 Å². The molecule has 1 aliphatic rings. The number of alkyl halides is 1. The van der Waals surface area contributed by atoms with Crippen LogP contribution in [0.4, 0.5) is 4.39 Å². The van der Waals surface area contributed by atoms with Crippen molar-refractivity contribution in [3.05, 3.63) is 12.2 Å². The van der Waals surface area contributed by atoms with Crippen LogP contribution < -0.4 is 5.32 Å². The highest BCUT2D eigenvalue weighted by Crippen LogP contribution is 2.34. The zero-order chi connectivity index (χ0) is 13.8. The van der Waals surface area contributed by atoms with Crippen LogP contribution in [0.15, 0.2) is 16.5 Å². The predicted octanol–water partition coefficient (Wildman–Crippen LogP) is 1.67. The maximum absolute atomic E-state index is 14.5. The summed E-state index contributed by atoms with van der Waals surface area (Å²) in [5, 5.41) is 2.37. The Balaban J connectivity index is 2.76. The third-order valence-electron chi connectivity index (χ3n) is 3.23. The van der Waals surface area contributed by atoms with E-state index in [1.165, 1.54) is 7.05 Å². The molecule has 18 heavy (non-hydrogen) atoms. The molecule has 0 atom stereocenters. The minimum Gasteiger partial charge on any atom is -0.355 e. The summed E-state index contributed by atoms with van der Waals surface area (Å²) in [4.78, 5) is 11.4. The summed E-state index contributed by atoms with van der Waals surface area (Å²) < 4.78 is 30.9. The Labute approximate surface area is 108 Å². The van der Waals surface area contributed by atoms with Crippen molar-refractivity contribution in [2.75, 3.05) is 25.1 Å². The third kappa shape index (κ3) is 3.31. The van der Waals surface area contributed by atoms with E-state index >= 15 is 0 Å². The fourth-order valence-corrected chi connectivity index (χ4v) is 4.18. The lowest BCUT2D eigenvalue weighted by Crippen LogP contribution is -2.41. The minimum absolute atomic E-state index is 0.0608. The Kier molecular flexibility index (Phi) is 4.90. The van der Waals surface area contributed by atoms with Gasteiger partial charge in [0.2, 0.25) is 5.91 Å². The molecule has 0 aromatic rings. The summed E-state index contributed by atoms with van der Waals surface area (Å²) in [7, 11) is -0.833. The topological polar surface area (TPSA) is 58.5 Å². The van der Waals surface area contributed by atoms with E-state index in [1.54, 1.807) is 0 Å². The number of carbonyl (C=O) groups excluding carboxylic acids is 1. The van der Waals surface area contributed by atoms with Gasteiger partial charge in [-0.05, 0) is 19.3 Å². The number of likely N-dealkylation sites (N-methyl/N-ethyl adjacent to an activating group) is 1. The van der Waals surface area contributed by atoms with Gasteiger partial charge in [-0.3, -0.25) is 4.79 Å². The molecule has 1 saturated heterocycles. The maximum Gasteiger partial charge on any atom is 0.249 e. The average Bonchev–Trinajstić information content (AvgIpc) is 2.38. The lowest BCUT2D eigenvalue weighted by molar-refractivity contribution is -0.118.